The molecule has 0 radical (unpaired) electrons. The lowest BCUT2D eigenvalue weighted by atomic mass is 10.1. The number of carbonyl (C=O) groups excluding carboxylic acids is 1. The molecule has 0 spiro atoms. The van der Waals surface area contributed by atoms with Gasteiger partial charge in [-0.2, -0.15) is 8.42 Å². The predicted octanol–water partition coefficient (Wildman–Crippen LogP) is 3.70. The van der Waals surface area contributed by atoms with Crippen LogP contribution in [0.4, 0.5) is 5.69 Å². The summed E-state index contributed by atoms with van der Waals surface area (Å²) in [6.07, 6.45) is 1.32. The van der Waals surface area contributed by atoms with Gasteiger partial charge in [0, 0.05) is 17.6 Å². The van der Waals surface area contributed by atoms with Crippen LogP contribution >= 0.6 is 0 Å². The number of ether oxygens (including phenoxy) is 1. The number of sulfonamides is 1. The van der Waals surface area contributed by atoms with Gasteiger partial charge in [0.2, 0.25) is 14.9 Å². The zero-order valence-electron chi connectivity index (χ0n) is 18.2. The van der Waals surface area contributed by atoms with Gasteiger partial charge in [-0.3, -0.25) is 4.72 Å². The lowest BCUT2D eigenvalue weighted by molar-refractivity contribution is 0.0600. The van der Waals surface area contributed by atoms with Gasteiger partial charge in [0.25, 0.3) is 10.0 Å². The summed E-state index contributed by atoms with van der Waals surface area (Å²) in [5, 5.41) is -0.260. The van der Waals surface area contributed by atoms with Gasteiger partial charge in [-0.1, -0.05) is 36.4 Å². The Morgan fingerprint density at radius 2 is 1.74 bits per heavy atom. The number of fused-ring (bicyclic) bond motifs is 1. The van der Waals surface area contributed by atoms with Crippen LogP contribution in [0.1, 0.15) is 21.5 Å². The van der Waals surface area contributed by atoms with E-state index in [-0.39, 0.29) is 21.9 Å². The summed E-state index contributed by atoms with van der Waals surface area (Å²) in [5.41, 5.74) is 0.970. The summed E-state index contributed by atoms with van der Waals surface area (Å²) in [5.74, 6) is -1.28. The van der Waals surface area contributed by atoms with Crippen LogP contribution in [-0.2, 0) is 30.4 Å². The Kier molecular flexibility index (Phi) is 6.15. The smallest absolute Gasteiger partial charge is 0.338 e. The number of carbonyl (C=O) groups is 1. The Balaban J connectivity index is 1.73. The van der Waals surface area contributed by atoms with Crippen LogP contribution in [0.5, 0.6) is 0 Å². The van der Waals surface area contributed by atoms with Gasteiger partial charge in [0.05, 0.1) is 24.1 Å². The Morgan fingerprint density at radius 3 is 2.47 bits per heavy atom. The highest BCUT2D eigenvalue weighted by Crippen LogP contribution is 2.29. The molecule has 0 unspecified atom stereocenters. The van der Waals surface area contributed by atoms with E-state index in [9.17, 15) is 21.6 Å². The summed E-state index contributed by atoms with van der Waals surface area (Å²) < 4.78 is 65.1. The molecule has 2 aromatic carbocycles. The van der Waals surface area contributed by atoms with Crippen molar-refractivity contribution in [2.75, 3.05) is 11.8 Å². The topological polar surface area (TPSA) is 133 Å². The van der Waals surface area contributed by atoms with Gasteiger partial charge in [-0.25, -0.2) is 18.2 Å². The van der Waals surface area contributed by atoms with Gasteiger partial charge in [0.15, 0.2) is 5.03 Å². The maximum Gasteiger partial charge on any atom is 0.338 e. The van der Waals surface area contributed by atoms with Crippen molar-refractivity contribution in [1.82, 2.24) is 4.98 Å². The number of nitrogens with zero attached hydrogens (tertiary/aromatic N) is 1. The van der Waals surface area contributed by atoms with Crippen molar-refractivity contribution < 1.29 is 30.8 Å². The number of pyridine rings is 1. The maximum absolute atomic E-state index is 13.3. The third kappa shape index (κ3) is 4.66. The predicted molar refractivity (Wildman–Crippen MR) is 125 cm³/mol. The normalized spacial score (nSPS) is 11.9. The lowest BCUT2D eigenvalue weighted by Gasteiger charge is -2.13. The molecule has 0 saturated heterocycles. The molecule has 0 saturated carbocycles. The zero-order valence-corrected chi connectivity index (χ0v) is 19.8. The fourth-order valence-electron chi connectivity index (χ4n) is 3.39. The van der Waals surface area contributed by atoms with Crippen LogP contribution in [0, 0.1) is 6.92 Å². The number of sulfone groups is 1. The van der Waals surface area contributed by atoms with Crippen LogP contribution in [-0.4, -0.2) is 34.9 Å². The number of nitrogens with one attached hydrogen (secondary N) is 1. The Labute approximate surface area is 196 Å². The molecular weight excluding hydrogens is 480 g/mol. The van der Waals surface area contributed by atoms with Crippen LogP contribution < -0.4 is 4.72 Å². The first kappa shape index (κ1) is 23.5. The van der Waals surface area contributed by atoms with Gasteiger partial charge in [-0.15, -0.1) is 0 Å². The van der Waals surface area contributed by atoms with Gasteiger partial charge in [-0.05, 0) is 36.2 Å². The largest absolute Gasteiger partial charge is 0.465 e. The first-order chi connectivity index (χ1) is 16.1. The molecule has 0 amide bonds. The van der Waals surface area contributed by atoms with Gasteiger partial charge < -0.3 is 9.15 Å². The Morgan fingerprint density at radius 1 is 1.03 bits per heavy atom. The van der Waals surface area contributed by atoms with E-state index in [0.717, 1.165) is 0 Å². The third-order valence-corrected chi connectivity index (χ3v) is 7.79. The van der Waals surface area contributed by atoms with Crippen molar-refractivity contribution in [1.29, 1.82) is 0 Å². The van der Waals surface area contributed by atoms with E-state index in [2.05, 4.69) is 9.71 Å². The molecule has 1 N–H and O–H groups in total. The Bertz CT molecular complexity index is 1570. The number of aryl methyl sites for hydroxylation is 1. The van der Waals surface area contributed by atoms with Crippen molar-refractivity contribution in [3.63, 3.8) is 0 Å². The standard InChI is InChI=1S/C23H20N2O7S2/c1-15-11-19(25-34(29,30)21-12-16-7-4-6-10-20(16)32-21)22(24-13-15)33(27,28)14-17-8-3-5-9-18(17)23(26)31-2/h3-13,25H,14H2,1-2H3. The molecule has 0 aliphatic rings. The molecule has 0 aliphatic carbocycles. The highest BCUT2D eigenvalue weighted by atomic mass is 32.2. The lowest BCUT2D eigenvalue weighted by Crippen LogP contribution is -2.18. The summed E-state index contributed by atoms with van der Waals surface area (Å²) in [4.78, 5) is 16.1. The van der Waals surface area contributed by atoms with E-state index in [1.54, 1.807) is 43.3 Å². The van der Waals surface area contributed by atoms with E-state index in [1.807, 2.05) is 0 Å². The molecule has 2 aromatic heterocycles. The molecule has 4 aromatic rings. The number of benzene rings is 2. The molecule has 9 nitrogen and oxygen atoms in total. The van der Waals surface area contributed by atoms with Crippen molar-refractivity contribution in [3.8, 4) is 0 Å². The van der Waals surface area contributed by atoms with E-state index < -0.39 is 36.6 Å². The summed E-state index contributed by atoms with van der Waals surface area (Å²) >= 11 is 0. The molecule has 34 heavy (non-hydrogen) atoms. The molecule has 11 heteroatoms. The summed E-state index contributed by atoms with van der Waals surface area (Å²) in [6.45, 7) is 1.65. The van der Waals surface area contributed by atoms with E-state index in [4.69, 9.17) is 9.15 Å². The Hall–Kier alpha value is -3.70. The van der Waals surface area contributed by atoms with Crippen molar-refractivity contribution in [2.45, 2.75) is 22.8 Å². The minimum Gasteiger partial charge on any atom is -0.465 e. The molecule has 0 fully saturated rings. The first-order valence-electron chi connectivity index (χ1n) is 9.98. The zero-order chi connectivity index (χ0) is 24.5. The highest BCUT2D eigenvalue weighted by molar-refractivity contribution is 7.93. The fraction of sp³-hybridized carbons (Fsp3) is 0.130. The number of hydrogen-bond donors (Lipinski definition) is 1. The molecule has 0 bridgehead atoms. The molecular formula is C23H20N2O7S2. The molecule has 0 atom stereocenters. The van der Waals surface area contributed by atoms with Crippen LogP contribution in [0.25, 0.3) is 11.0 Å². The monoisotopic (exact) mass is 500 g/mol. The van der Waals surface area contributed by atoms with Crippen LogP contribution in [0.2, 0.25) is 0 Å². The van der Waals surface area contributed by atoms with E-state index in [1.165, 1.54) is 37.6 Å². The number of furan rings is 1. The SMILES string of the molecule is COC(=O)c1ccccc1CS(=O)(=O)c1ncc(C)cc1NS(=O)(=O)c1cc2ccccc2o1. The number of para-hydroxylation sites is 1. The minimum atomic E-state index is -4.27. The van der Waals surface area contributed by atoms with Crippen molar-refractivity contribution in [3.05, 3.63) is 83.6 Å². The quantitative estimate of drug-likeness (QED) is 0.380. The fourth-order valence-corrected chi connectivity index (χ4v) is 5.94. The van der Waals surface area contributed by atoms with Gasteiger partial charge >= 0.3 is 5.97 Å². The van der Waals surface area contributed by atoms with Crippen LogP contribution in [0.15, 0.2) is 81.4 Å². The molecule has 4 rings (SSSR count). The van der Waals surface area contributed by atoms with E-state index >= 15 is 0 Å². The second kappa shape index (κ2) is 8.92. The second-order valence-electron chi connectivity index (χ2n) is 7.48. The number of anilines is 1. The maximum atomic E-state index is 13.3. The molecule has 2 heterocycles. The second-order valence-corrected chi connectivity index (χ2v) is 11.0. The van der Waals surface area contributed by atoms with Crippen LogP contribution in [0.3, 0.4) is 0 Å². The molecule has 176 valence electrons. The number of hydrogen-bond acceptors (Lipinski definition) is 8. The first-order valence-corrected chi connectivity index (χ1v) is 13.1. The molecule has 0 aliphatic heterocycles. The summed E-state index contributed by atoms with van der Waals surface area (Å²) in [7, 11) is -7.25. The van der Waals surface area contributed by atoms with Crippen molar-refractivity contribution in [2.24, 2.45) is 0 Å². The number of aromatic nitrogens is 1. The average molecular weight is 501 g/mol. The number of esters is 1. The van der Waals surface area contributed by atoms with Crippen molar-refractivity contribution >= 4 is 42.5 Å². The number of rotatable bonds is 7. The minimum absolute atomic E-state index is 0.0880. The van der Waals surface area contributed by atoms with E-state index in [0.29, 0.717) is 16.5 Å². The third-order valence-electron chi connectivity index (χ3n) is 4.96. The van der Waals surface area contributed by atoms with Gasteiger partial charge in [0.1, 0.15) is 5.58 Å². The number of methoxy groups -OCH3 is 1. The summed E-state index contributed by atoms with van der Waals surface area (Å²) in [6, 6.07) is 15.6. The highest BCUT2D eigenvalue weighted by Gasteiger charge is 2.28. The average Bonchev–Trinajstić information content (AvgIpc) is 3.24.